The Hall–Kier alpha value is -3.40. The molecular formula is C27H28FN5O2S. The van der Waals surface area contributed by atoms with Crippen LogP contribution in [0.25, 0.3) is 10.9 Å². The SMILES string of the molecule is CC(c1ccc(NS(=O)(=O)c2cccc3cccnc23)c(F)c1)N1CCN(Cc2ccncc2)CC1. The van der Waals surface area contributed by atoms with Gasteiger partial charge in [-0.2, -0.15) is 0 Å². The number of nitrogens with zero attached hydrogens (tertiary/aromatic N) is 4. The minimum absolute atomic E-state index is 0.00972. The quantitative estimate of drug-likeness (QED) is 0.400. The highest BCUT2D eigenvalue weighted by atomic mass is 32.2. The smallest absolute Gasteiger partial charge is 0.264 e. The summed E-state index contributed by atoms with van der Waals surface area (Å²) in [6.45, 7) is 6.53. The van der Waals surface area contributed by atoms with E-state index in [4.69, 9.17) is 0 Å². The summed E-state index contributed by atoms with van der Waals surface area (Å²) in [5, 5.41) is 0.700. The zero-order valence-electron chi connectivity index (χ0n) is 20.0. The number of hydrogen-bond acceptors (Lipinski definition) is 6. The number of fused-ring (bicyclic) bond motifs is 1. The van der Waals surface area contributed by atoms with Gasteiger partial charge < -0.3 is 0 Å². The second-order valence-electron chi connectivity index (χ2n) is 9.02. The molecule has 0 bridgehead atoms. The van der Waals surface area contributed by atoms with Crippen LogP contribution in [0.5, 0.6) is 0 Å². The van der Waals surface area contributed by atoms with E-state index in [9.17, 15) is 8.42 Å². The van der Waals surface area contributed by atoms with Crippen LogP contribution in [-0.2, 0) is 16.6 Å². The molecule has 1 N–H and O–H groups in total. The number of pyridine rings is 2. The third-order valence-corrected chi connectivity index (χ3v) is 8.11. The van der Waals surface area contributed by atoms with Gasteiger partial charge in [0.25, 0.3) is 10.0 Å². The Morgan fingerprint density at radius 2 is 1.72 bits per heavy atom. The van der Waals surface area contributed by atoms with Crippen LogP contribution in [0.1, 0.15) is 24.1 Å². The van der Waals surface area contributed by atoms with Gasteiger partial charge in [-0.05, 0) is 54.4 Å². The average Bonchev–Trinajstić information content (AvgIpc) is 2.90. The second-order valence-corrected chi connectivity index (χ2v) is 10.7. The van der Waals surface area contributed by atoms with Gasteiger partial charge in [0.2, 0.25) is 0 Å². The summed E-state index contributed by atoms with van der Waals surface area (Å²) in [6.07, 6.45) is 5.16. The van der Waals surface area contributed by atoms with Crippen LogP contribution in [0, 0.1) is 5.82 Å². The highest BCUT2D eigenvalue weighted by Gasteiger charge is 2.24. The van der Waals surface area contributed by atoms with Gasteiger partial charge in [0.05, 0.1) is 11.2 Å². The fourth-order valence-corrected chi connectivity index (χ4v) is 5.88. The monoisotopic (exact) mass is 505 g/mol. The molecule has 3 heterocycles. The molecule has 1 fully saturated rings. The lowest BCUT2D eigenvalue weighted by Gasteiger charge is -2.38. The van der Waals surface area contributed by atoms with Crippen molar-refractivity contribution in [1.82, 2.24) is 19.8 Å². The van der Waals surface area contributed by atoms with Crippen molar-refractivity contribution >= 4 is 26.6 Å². The van der Waals surface area contributed by atoms with Crippen molar-refractivity contribution in [1.29, 1.82) is 0 Å². The van der Waals surface area contributed by atoms with Crippen LogP contribution in [0.4, 0.5) is 10.1 Å². The molecule has 2 aromatic carbocycles. The van der Waals surface area contributed by atoms with Gasteiger partial charge in [0.1, 0.15) is 10.7 Å². The fraction of sp³-hybridized carbons (Fsp3) is 0.259. The van der Waals surface area contributed by atoms with E-state index in [1.165, 1.54) is 30.0 Å². The number of rotatable bonds is 7. The Morgan fingerprint density at radius 3 is 2.47 bits per heavy atom. The molecular weight excluding hydrogens is 477 g/mol. The molecule has 0 spiro atoms. The number of aromatic nitrogens is 2. The molecule has 4 aromatic rings. The number of nitrogens with one attached hydrogen (secondary N) is 1. The molecule has 1 saturated heterocycles. The highest BCUT2D eigenvalue weighted by molar-refractivity contribution is 7.93. The molecule has 1 aliphatic rings. The minimum Gasteiger partial charge on any atom is -0.297 e. The zero-order valence-corrected chi connectivity index (χ0v) is 20.8. The van der Waals surface area contributed by atoms with Crippen LogP contribution in [0.3, 0.4) is 0 Å². The Morgan fingerprint density at radius 1 is 0.972 bits per heavy atom. The lowest BCUT2D eigenvalue weighted by atomic mass is 10.1. The van der Waals surface area contributed by atoms with E-state index in [1.807, 2.05) is 24.5 Å². The number of halogens is 1. The van der Waals surface area contributed by atoms with E-state index < -0.39 is 15.8 Å². The van der Waals surface area contributed by atoms with Gasteiger partial charge in [-0.3, -0.25) is 24.5 Å². The van der Waals surface area contributed by atoms with Crippen molar-refractivity contribution in [2.24, 2.45) is 0 Å². The van der Waals surface area contributed by atoms with Crippen molar-refractivity contribution in [3.8, 4) is 0 Å². The van der Waals surface area contributed by atoms with Gasteiger partial charge in [-0.1, -0.05) is 24.3 Å². The Balaban J connectivity index is 1.26. The largest absolute Gasteiger partial charge is 0.297 e. The molecule has 1 unspecified atom stereocenters. The lowest BCUT2D eigenvalue weighted by Crippen LogP contribution is -2.46. The maximum atomic E-state index is 15.1. The first-order chi connectivity index (χ1) is 17.4. The zero-order chi connectivity index (χ0) is 25.1. The fourth-order valence-electron chi connectivity index (χ4n) is 4.63. The van der Waals surface area contributed by atoms with Crippen molar-refractivity contribution < 1.29 is 12.8 Å². The molecule has 9 heteroatoms. The Kier molecular flexibility index (Phi) is 6.95. The van der Waals surface area contributed by atoms with Gasteiger partial charge in [-0.25, -0.2) is 12.8 Å². The molecule has 1 atom stereocenters. The first-order valence-corrected chi connectivity index (χ1v) is 13.4. The summed E-state index contributed by atoms with van der Waals surface area (Å²) < 4.78 is 43.6. The number of anilines is 1. The van der Waals surface area contributed by atoms with Crippen LogP contribution in [0.2, 0.25) is 0 Å². The van der Waals surface area contributed by atoms with Gasteiger partial charge in [0, 0.05) is 62.7 Å². The first kappa shape index (κ1) is 24.3. The number of hydrogen-bond donors (Lipinski definition) is 1. The lowest BCUT2D eigenvalue weighted by molar-refractivity contribution is 0.0977. The van der Waals surface area contributed by atoms with E-state index in [0.717, 1.165) is 38.3 Å². The topological polar surface area (TPSA) is 78.4 Å². The molecule has 0 aliphatic carbocycles. The van der Waals surface area contributed by atoms with Crippen molar-refractivity contribution in [2.75, 3.05) is 30.9 Å². The molecule has 7 nitrogen and oxygen atoms in total. The summed E-state index contributed by atoms with van der Waals surface area (Å²) in [6, 6.07) is 17.2. The third kappa shape index (κ3) is 5.23. The van der Waals surface area contributed by atoms with Crippen molar-refractivity contribution in [2.45, 2.75) is 24.4 Å². The summed E-state index contributed by atoms with van der Waals surface area (Å²) in [5.41, 5.74) is 2.32. The van der Waals surface area contributed by atoms with Crippen molar-refractivity contribution in [3.63, 3.8) is 0 Å². The predicted octanol–water partition coefficient (Wildman–Crippen LogP) is 4.45. The molecule has 2 aromatic heterocycles. The molecule has 0 radical (unpaired) electrons. The Labute approximate surface area is 210 Å². The summed E-state index contributed by atoms with van der Waals surface area (Å²) >= 11 is 0. The minimum atomic E-state index is -4.02. The standard InChI is InChI=1S/C27H28FN5O2S/c1-20(33-16-14-32(15-17-33)19-21-9-12-29-13-10-21)23-7-8-25(24(28)18-23)31-36(34,35)26-6-2-4-22-5-3-11-30-27(22)26/h2-13,18,20,31H,14-17,19H2,1H3. The van der Waals surface area contributed by atoms with E-state index in [1.54, 1.807) is 30.3 Å². The molecule has 0 amide bonds. The maximum Gasteiger partial charge on any atom is 0.264 e. The molecule has 186 valence electrons. The normalized spacial score (nSPS) is 16.2. The molecule has 5 rings (SSSR count). The van der Waals surface area contributed by atoms with Gasteiger partial charge >= 0.3 is 0 Å². The maximum absolute atomic E-state index is 15.1. The van der Waals surface area contributed by atoms with E-state index in [2.05, 4.69) is 31.4 Å². The van der Waals surface area contributed by atoms with E-state index >= 15 is 4.39 Å². The van der Waals surface area contributed by atoms with Crippen LogP contribution >= 0.6 is 0 Å². The van der Waals surface area contributed by atoms with Crippen LogP contribution < -0.4 is 4.72 Å². The summed E-state index contributed by atoms with van der Waals surface area (Å²) in [4.78, 5) is 13.0. The number of sulfonamides is 1. The van der Waals surface area contributed by atoms with Crippen LogP contribution in [-0.4, -0.2) is 54.4 Å². The van der Waals surface area contributed by atoms with Crippen molar-refractivity contribution in [3.05, 3.63) is 96.2 Å². The van der Waals surface area contributed by atoms with Crippen LogP contribution in [0.15, 0.2) is 84.1 Å². The summed E-state index contributed by atoms with van der Waals surface area (Å²) in [5.74, 6) is -0.604. The third-order valence-electron chi connectivity index (χ3n) is 6.72. The molecule has 1 aliphatic heterocycles. The highest BCUT2D eigenvalue weighted by Crippen LogP contribution is 2.28. The van der Waals surface area contributed by atoms with Gasteiger partial charge in [-0.15, -0.1) is 0 Å². The van der Waals surface area contributed by atoms with E-state index in [0.29, 0.717) is 10.9 Å². The second kappa shape index (κ2) is 10.3. The number of para-hydroxylation sites is 1. The first-order valence-electron chi connectivity index (χ1n) is 11.9. The Bertz CT molecular complexity index is 1450. The number of benzene rings is 2. The average molecular weight is 506 g/mol. The van der Waals surface area contributed by atoms with Gasteiger partial charge in [0.15, 0.2) is 0 Å². The molecule has 0 saturated carbocycles. The predicted molar refractivity (Wildman–Crippen MR) is 138 cm³/mol. The van der Waals surface area contributed by atoms with E-state index in [-0.39, 0.29) is 16.6 Å². The molecule has 36 heavy (non-hydrogen) atoms. The number of piperazine rings is 1. The summed E-state index contributed by atoms with van der Waals surface area (Å²) in [7, 11) is -4.02.